The first-order valence-corrected chi connectivity index (χ1v) is 11.5. The zero-order valence-corrected chi connectivity index (χ0v) is 18.9. The number of hydrogen-bond donors (Lipinski definition) is 1. The Labute approximate surface area is 200 Å². The maximum Gasteiger partial charge on any atom is 0.417 e. The lowest BCUT2D eigenvalue weighted by Gasteiger charge is -2.36. The van der Waals surface area contributed by atoms with Gasteiger partial charge in [-0.1, -0.05) is 36.4 Å². The van der Waals surface area contributed by atoms with Crippen molar-refractivity contribution in [2.45, 2.75) is 31.5 Å². The molecule has 1 amide bonds. The van der Waals surface area contributed by atoms with Crippen LogP contribution in [-0.4, -0.2) is 44.5 Å². The Bertz CT molecular complexity index is 1320. The molecule has 0 radical (unpaired) electrons. The Morgan fingerprint density at radius 1 is 1.03 bits per heavy atom. The van der Waals surface area contributed by atoms with Gasteiger partial charge < -0.3 is 10.2 Å². The van der Waals surface area contributed by atoms with Crippen molar-refractivity contribution in [2.24, 2.45) is 0 Å². The summed E-state index contributed by atoms with van der Waals surface area (Å²) in [5.41, 5.74) is 1.98. The molecule has 0 aliphatic carbocycles. The topological polar surface area (TPSA) is 62.5 Å². The number of piperidine rings is 1. The van der Waals surface area contributed by atoms with Gasteiger partial charge in [0, 0.05) is 37.1 Å². The highest BCUT2D eigenvalue weighted by Gasteiger charge is 2.32. The lowest BCUT2D eigenvalue weighted by Crippen LogP contribution is -2.47. The van der Waals surface area contributed by atoms with Crippen LogP contribution in [0.5, 0.6) is 0 Å². The first-order chi connectivity index (χ1) is 16.9. The molecule has 180 valence electrons. The van der Waals surface area contributed by atoms with Crippen molar-refractivity contribution in [3.63, 3.8) is 0 Å². The van der Waals surface area contributed by atoms with E-state index in [-0.39, 0.29) is 11.9 Å². The van der Waals surface area contributed by atoms with Crippen molar-refractivity contribution in [3.8, 4) is 11.3 Å². The molecular weight excluding hydrogens is 455 g/mol. The summed E-state index contributed by atoms with van der Waals surface area (Å²) in [4.78, 5) is 19.7. The molecule has 3 aromatic heterocycles. The summed E-state index contributed by atoms with van der Waals surface area (Å²) in [6.45, 7) is 0.994. The normalized spacial score (nSPS) is 16.4. The minimum absolute atomic E-state index is 0.100. The van der Waals surface area contributed by atoms with Gasteiger partial charge in [0.05, 0.1) is 16.6 Å². The molecule has 0 unspecified atom stereocenters. The van der Waals surface area contributed by atoms with E-state index in [1.165, 1.54) is 6.07 Å². The van der Waals surface area contributed by atoms with Crippen molar-refractivity contribution in [1.29, 1.82) is 0 Å². The summed E-state index contributed by atoms with van der Waals surface area (Å²) >= 11 is 0. The molecule has 1 N–H and O–H groups in total. The van der Waals surface area contributed by atoms with Crippen LogP contribution in [0.3, 0.4) is 0 Å². The van der Waals surface area contributed by atoms with Crippen LogP contribution in [-0.2, 0) is 6.18 Å². The first-order valence-electron chi connectivity index (χ1n) is 11.5. The maximum atomic E-state index is 13.9. The van der Waals surface area contributed by atoms with Crippen molar-refractivity contribution in [2.75, 3.05) is 18.4 Å². The van der Waals surface area contributed by atoms with Gasteiger partial charge in [-0.15, -0.1) is 0 Å². The number of halogens is 3. The standard InChI is InChI=1S/C26H24F3N5O/c27-26(28,29)19-12-13-22(30-16-19)31-17-20-10-4-6-14-33(20)25(35)23-21-11-5-7-15-34(21)32-24(23)18-8-2-1-3-9-18/h1-3,5,7-9,11-13,15-16,20H,4,6,10,14,17H2,(H,30,31)/t20-/m0/s1. The van der Waals surface area contributed by atoms with Crippen LogP contribution < -0.4 is 5.32 Å². The fourth-order valence-corrected chi connectivity index (χ4v) is 4.52. The van der Waals surface area contributed by atoms with Crippen LogP contribution in [0.25, 0.3) is 16.8 Å². The number of carbonyl (C=O) groups is 1. The second-order valence-electron chi connectivity index (χ2n) is 8.58. The Balaban J connectivity index is 1.41. The predicted molar refractivity (Wildman–Crippen MR) is 127 cm³/mol. The molecule has 0 bridgehead atoms. The molecule has 1 aliphatic rings. The zero-order chi connectivity index (χ0) is 24.4. The molecular formula is C26H24F3N5O. The van der Waals surface area contributed by atoms with Crippen LogP contribution in [0.4, 0.5) is 19.0 Å². The average Bonchev–Trinajstić information content (AvgIpc) is 3.27. The molecule has 1 aromatic carbocycles. The van der Waals surface area contributed by atoms with Gasteiger partial charge in [0.1, 0.15) is 11.5 Å². The number of amides is 1. The number of anilines is 1. The third-order valence-corrected chi connectivity index (χ3v) is 6.30. The number of nitrogens with one attached hydrogen (secondary N) is 1. The quantitative estimate of drug-likeness (QED) is 0.409. The molecule has 0 spiro atoms. The highest BCUT2D eigenvalue weighted by molar-refractivity contribution is 6.06. The van der Waals surface area contributed by atoms with Gasteiger partial charge in [-0.05, 0) is 43.5 Å². The van der Waals surface area contributed by atoms with Crippen LogP contribution in [0.2, 0.25) is 0 Å². The van der Waals surface area contributed by atoms with E-state index in [0.29, 0.717) is 30.2 Å². The van der Waals surface area contributed by atoms with Crippen LogP contribution in [0, 0.1) is 0 Å². The lowest BCUT2D eigenvalue weighted by molar-refractivity contribution is -0.137. The van der Waals surface area contributed by atoms with E-state index in [1.807, 2.05) is 59.6 Å². The van der Waals surface area contributed by atoms with E-state index in [0.717, 1.165) is 42.6 Å². The number of alkyl halides is 3. The molecule has 1 atom stereocenters. The van der Waals surface area contributed by atoms with Crippen LogP contribution >= 0.6 is 0 Å². The van der Waals surface area contributed by atoms with E-state index < -0.39 is 11.7 Å². The number of hydrogen-bond acceptors (Lipinski definition) is 4. The number of likely N-dealkylation sites (tertiary alicyclic amines) is 1. The van der Waals surface area contributed by atoms with E-state index in [9.17, 15) is 18.0 Å². The van der Waals surface area contributed by atoms with Gasteiger partial charge in [-0.3, -0.25) is 4.79 Å². The highest BCUT2D eigenvalue weighted by Crippen LogP contribution is 2.31. The van der Waals surface area contributed by atoms with Crippen molar-refractivity contribution < 1.29 is 18.0 Å². The van der Waals surface area contributed by atoms with Gasteiger partial charge in [0.2, 0.25) is 0 Å². The minimum atomic E-state index is -4.43. The zero-order valence-electron chi connectivity index (χ0n) is 18.9. The van der Waals surface area contributed by atoms with E-state index in [2.05, 4.69) is 10.3 Å². The number of pyridine rings is 2. The maximum absolute atomic E-state index is 13.9. The Hall–Kier alpha value is -3.88. The minimum Gasteiger partial charge on any atom is -0.368 e. The van der Waals surface area contributed by atoms with Crippen molar-refractivity contribution in [3.05, 3.63) is 84.2 Å². The molecule has 4 heterocycles. The first kappa shape index (κ1) is 22.9. The Kier molecular flexibility index (Phi) is 6.15. The molecule has 9 heteroatoms. The Morgan fingerprint density at radius 3 is 2.57 bits per heavy atom. The summed E-state index contributed by atoms with van der Waals surface area (Å²) in [7, 11) is 0. The fourth-order valence-electron chi connectivity index (χ4n) is 4.52. The molecule has 5 rings (SSSR count). The summed E-state index contributed by atoms with van der Waals surface area (Å²) in [6, 6.07) is 17.5. The average molecular weight is 480 g/mol. The van der Waals surface area contributed by atoms with E-state index >= 15 is 0 Å². The largest absolute Gasteiger partial charge is 0.417 e. The fraction of sp³-hybridized carbons (Fsp3) is 0.269. The van der Waals surface area contributed by atoms with Gasteiger partial charge in [-0.25, -0.2) is 9.50 Å². The van der Waals surface area contributed by atoms with Gasteiger partial charge in [0.15, 0.2) is 0 Å². The van der Waals surface area contributed by atoms with Gasteiger partial charge >= 0.3 is 6.18 Å². The van der Waals surface area contributed by atoms with E-state index in [4.69, 9.17) is 5.10 Å². The second kappa shape index (κ2) is 9.40. The smallest absolute Gasteiger partial charge is 0.368 e. The molecule has 1 fully saturated rings. The number of fused-ring (bicyclic) bond motifs is 1. The van der Waals surface area contributed by atoms with Gasteiger partial charge in [0.25, 0.3) is 5.91 Å². The number of aromatic nitrogens is 3. The monoisotopic (exact) mass is 479 g/mol. The molecule has 4 aromatic rings. The second-order valence-corrected chi connectivity index (χ2v) is 8.58. The van der Waals surface area contributed by atoms with Crippen molar-refractivity contribution >= 4 is 17.2 Å². The summed E-state index contributed by atoms with van der Waals surface area (Å²) in [5, 5.41) is 7.81. The number of nitrogens with zero attached hydrogens (tertiary/aromatic N) is 4. The van der Waals surface area contributed by atoms with Crippen LogP contribution in [0.1, 0.15) is 35.2 Å². The Morgan fingerprint density at radius 2 is 1.83 bits per heavy atom. The van der Waals surface area contributed by atoms with E-state index in [1.54, 1.807) is 4.52 Å². The molecule has 0 saturated carbocycles. The molecule has 1 saturated heterocycles. The number of benzene rings is 1. The van der Waals surface area contributed by atoms with Crippen molar-refractivity contribution in [1.82, 2.24) is 19.5 Å². The third-order valence-electron chi connectivity index (χ3n) is 6.30. The van der Waals surface area contributed by atoms with Crippen LogP contribution in [0.15, 0.2) is 73.1 Å². The predicted octanol–water partition coefficient (Wildman–Crippen LogP) is 5.52. The van der Waals surface area contributed by atoms with Gasteiger partial charge in [-0.2, -0.15) is 18.3 Å². The number of rotatable bonds is 5. The third kappa shape index (κ3) is 4.71. The molecule has 1 aliphatic heterocycles. The molecule has 6 nitrogen and oxygen atoms in total. The summed E-state index contributed by atoms with van der Waals surface area (Å²) in [5.74, 6) is 0.244. The molecule has 35 heavy (non-hydrogen) atoms. The number of carbonyl (C=O) groups excluding carboxylic acids is 1. The summed E-state index contributed by atoms with van der Waals surface area (Å²) in [6.07, 6.45) is 0.862. The lowest BCUT2D eigenvalue weighted by atomic mass is 9.99. The highest BCUT2D eigenvalue weighted by atomic mass is 19.4. The SMILES string of the molecule is O=C(c1c(-c2ccccc2)nn2ccccc12)N1CCCC[C@H]1CNc1ccc(C(F)(F)F)cn1. The summed E-state index contributed by atoms with van der Waals surface area (Å²) < 4.78 is 40.2.